The van der Waals surface area contributed by atoms with Crippen LogP contribution in [-0.4, -0.2) is 40.9 Å². The summed E-state index contributed by atoms with van der Waals surface area (Å²) in [7, 11) is 0. The van der Waals surface area contributed by atoms with Crippen molar-refractivity contribution < 1.29 is 28.8 Å². The molecule has 3 aromatic rings. The minimum Gasteiger partial charge on any atom is -0.480 e. The van der Waals surface area contributed by atoms with Gasteiger partial charge in [0.15, 0.2) is 5.69 Å². The van der Waals surface area contributed by atoms with Crippen molar-refractivity contribution in [1.29, 1.82) is 0 Å². The molecule has 4 rings (SSSR count). The van der Waals surface area contributed by atoms with Crippen molar-refractivity contribution in [3.05, 3.63) is 71.4 Å². The van der Waals surface area contributed by atoms with Crippen LogP contribution in [0.4, 0.5) is 10.7 Å². The predicted molar refractivity (Wildman–Crippen MR) is 124 cm³/mol. The number of hydrogen-bond acceptors (Lipinski definition) is 6. The molecule has 0 unspecified atom stereocenters. The van der Waals surface area contributed by atoms with Crippen LogP contribution in [0.5, 0.6) is 0 Å². The number of carbonyl (C=O) groups excluding carboxylic acids is 2. The average molecular weight is 463 g/mol. The van der Waals surface area contributed by atoms with Crippen LogP contribution in [0.2, 0.25) is 0 Å². The number of fused-ring (bicyclic) bond motifs is 3. The van der Waals surface area contributed by atoms with E-state index in [1.807, 2.05) is 62.4 Å². The summed E-state index contributed by atoms with van der Waals surface area (Å²) in [6.07, 6.45) is -0.489. The Hall–Kier alpha value is -4.14. The van der Waals surface area contributed by atoms with Crippen molar-refractivity contribution in [1.82, 2.24) is 10.5 Å². The van der Waals surface area contributed by atoms with Gasteiger partial charge in [-0.15, -0.1) is 0 Å². The molecule has 0 aliphatic heterocycles. The lowest BCUT2D eigenvalue weighted by molar-refractivity contribution is -0.139. The topological polar surface area (TPSA) is 131 Å². The molecule has 9 heteroatoms. The minimum atomic E-state index is -1.14. The maximum absolute atomic E-state index is 12.4. The number of hydrogen-bond donors (Lipinski definition) is 3. The third kappa shape index (κ3) is 4.93. The first-order valence-electron chi connectivity index (χ1n) is 11.0. The van der Waals surface area contributed by atoms with Gasteiger partial charge in [-0.05, 0) is 34.6 Å². The fourth-order valence-corrected chi connectivity index (χ4v) is 4.10. The maximum Gasteiger partial charge on any atom is 0.414 e. The van der Waals surface area contributed by atoms with E-state index in [0.717, 1.165) is 22.3 Å². The Morgan fingerprint density at radius 1 is 1.06 bits per heavy atom. The molecule has 0 fully saturated rings. The molecule has 176 valence electrons. The lowest BCUT2D eigenvalue weighted by Gasteiger charge is -2.15. The SMILES string of the molecule is CC(C)C[C@@H](NC(=O)c1cc(NC(=O)OCC2c3ccccc3-c3ccccc32)on1)C(=O)O. The fourth-order valence-electron chi connectivity index (χ4n) is 4.10. The number of anilines is 1. The Balaban J connectivity index is 1.36. The van der Waals surface area contributed by atoms with Gasteiger partial charge in [0.1, 0.15) is 12.6 Å². The Kier molecular flexibility index (Phi) is 6.62. The molecule has 2 aromatic carbocycles. The van der Waals surface area contributed by atoms with E-state index < -0.39 is 24.0 Å². The highest BCUT2D eigenvalue weighted by Gasteiger charge is 2.29. The summed E-state index contributed by atoms with van der Waals surface area (Å²) >= 11 is 0. The highest BCUT2D eigenvalue weighted by Crippen LogP contribution is 2.44. The van der Waals surface area contributed by atoms with Gasteiger partial charge in [0.25, 0.3) is 5.91 Å². The molecule has 1 aliphatic rings. The number of aromatic nitrogens is 1. The zero-order chi connectivity index (χ0) is 24.2. The van der Waals surface area contributed by atoms with E-state index in [2.05, 4.69) is 15.8 Å². The number of aliphatic carboxylic acids is 1. The monoisotopic (exact) mass is 463 g/mol. The van der Waals surface area contributed by atoms with E-state index in [-0.39, 0.29) is 36.4 Å². The summed E-state index contributed by atoms with van der Waals surface area (Å²) in [5.74, 6) is -1.95. The lowest BCUT2D eigenvalue weighted by Crippen LogP contribution is -2.41. The van der Waals surface area contributed by atoms with Crippen LogP contribution in [0.1, 0.15) is 47.8 Å². The Labute approximate surface area is 196 Å². The third-order valence-corrected chi connectivity index (χ3v) is 5.62. The first kappa shape index (κ1) is 23.0. The Bertz CT molecular complexity index is 1170. The molecule has 9 nitrogen and oxygen atoms in total. The molecular formula is C25H25N3O6. The van der Waals surface area contributed by atoms with Gasteiger partial charge in [-0.3, -0.25) is 10.1 Å². The predicted octanol–water partition coefficient (Wildman–Crippen LogP) is 4.26. The molecule has 1 heterocycles. The van der Waals surface area contributed by atoms with Crippen LogP contribution < -0.4 is 10.6 Å². The van der Waals surface area contributed by atoms with E-state index in [1.54, 1.807) is 0 Å². The second-order valence-electron chi connectivity index (χ2n) is 8.52. The molecule has 0 bridgehead atoms. The second kappa shape index (κ2) is 9.78. The molecule has 2 amide bonds. The standard InChI is InChI=1S/C25H25N3O6/c1-14(2)11-21(24(30)31)26-23(29)20-12-22(34-28-20)27-25(32)33-13-19-17-9-5-3-7-15(17)16-8-4-6-10-18(16)19/h3-10,12,14,19,21H,11,13H2,1-2H3,(H,26,29)(H,27,32)(H,30,31)/t21-/m1/s1. The Morgan fingerprint density at radius 3 is 2.26 bits per heavy atom. The molecule has 1 aliphatic carbocycles. The van der Waals surface area contributed by atoms with Gasteiger partial charge in [-0.1, -0.05) is 67.5 Å². The highest BCUT2D eigenvalue weighted by molar-refractivity contribution is 5.96. The quantitative estimate of drug-likeness (QED) is 0.455. The largest absolute Gasteiger partial charge is 0.480 e. The third-order valence-electron chi connectivity index (χ3n) is 5.62. The maximum atomic E-state index is 12.4. The molecule has 0 saturated carbocycles. The summed E-state index contributed by atoms with van der Waals surface area (Å²) < 4.78 is 10.4. The van der Waals surface area contributed by atoms with Gasteiger partial charge in [0, 0.05) is 12.0 Å². The van der Waals surface area contributed by atoms with Crippen LogP contribution in [-0.2, 0) is 9.53 Å². The van der Waals surface area contributed by atoms with Gasteiger partial charge >= 0.3 is 12.1 Å². The summed E-state index contributed by atoms with van der Waals surface area (Å²) in [5.41, 5.74) is 4.27. The first-order valence-corrected chi connectivity index (χ1v) is 11.0. The van der Waals surface area contributed by atoms with Crippen molar-refractivity contribution in [3.8, 4) is 11.1 Å². The summed E-state index contributed by atoms with van der Waals surface area (Å²) in [5, 5.41) is 17.7. The summed E-state index contributed by atoms with van der Waals surface area (Å²) in [6, 6.07) is 16.2. The van der Waals surface area contributed by atoms with E-state index in [1.165, 1.54) is 6.07 Å². The van der Waals surface area contributed by atoms with Gasteiger partial charge in [-0.25, -0.2) is 9.59 Å². The molecule has 3 N–H and O–H groups in total. The normalized spacial score (nSPS) is 13.1. The lowest BCUT2D eigenvalue weighted by atomic mass is 9.98. The molecule has 1 atom stereocenters. The van der Waals surface area contributed by atoms with E-state index in [4.69, 9.17) is 9.26 Å². The number of rotatable bonds is 8. The van der Waals surface area contributed by atoms with Crippen molar-refractivity contribution in [2.45, 2.75) is 32.2 Å². The van der Waals surface area contributed by atoms with E-state index in [0.29, 0.717) is 0 Å². The zero-order valence-electron chi connectivity index (χ0n) is 18.8. The smallest absolute Gasteiger partial charge is 0.414 e. The first-order chi connectivity index (χ1) is 16.3. The number of carboxylic acids is 1. The molecule has 1 aromatic heterocycles. The molecule has 34 heavy (non-hydrogen) atoms. The zero-order valence-corrected chi connectivity index (χ0v) is 18.8. The van der Waals surface area contributed by atoms with Gasteiger partial charge < -0.3 is 19.7 Å². The van der Waals surface area contributed by atoms with Crippen LogP contribution in [0.15, 0.2) is 59.1 Å². The number of ether oxygens (including phenoxy) is 1. The number of carboxylic acid groups (broad SMARTS) is 1. The average Bonchev–Trinajstić information content (AvgIpc) is 3.39. The molecule has 0 spiro atoms. The molecular weight excluding hydrogens is 438 g/mol. The number of nitrogens with zero attached hydrogens (tertiary/aromatic N) is 1. The second-order valence-corrected chi connectivity index (χ2v) is 8.52. The summed E-state index contributed by atoms with van der Waals surface area (Å²) in [4.78, 5) is 36.0. The van der Waals surface area contributed by atoms with Crippen molar-refractivity contribution in [3.63, 3.8) is 0 Å². The van der Waals surface area contributed by atoms with Crippen LogP contribution >= 0.6 is 0 Å². The fraction of sp³-hybridized carbons (Fsp3) is 0.280. The minimum absolute atomic E-state index is 0.0736. The number of carbonyl (C=O) groups is 3. The van der Waals surface area contributed by atoms with E-state index in [9.17, 15) is 19.5 Å². The number of amides is 2. The number of benzene rings is 2. The van der Waals surface area contributed by atoms with Crippen molar-refractivity contribution >= 4 is 23.9 Å². The van der Waals surface area contributed by atoms with Crippen molar-refractivity contribution in [2.75, 3.05) is 11.9 Å². The van der Waals surface area contributed by atoms with Crippen LogP contribution in [0.3, 0.4) is 0 Å². The molecule has 0 saturated heterocycles. The van der Waals surface area contributed by atoms with Gasteiger partial charge in [0.2, 0.25) is 5.88 Å². The molecule has 0 radical (unpaired) electrons. The van der Waals surface area contributed by atoms with E-state index >= 15 is 0 Å². The Morgan fingerprint density at radius 2 is 1.68 bits per heavy atom. The highest BCUT2D eigenvalue weighted by atomic mass is 16.6. The summed E-state index contributed by atoms with van der Waals surface area (Å²) in [6.45, 7) is 3.83. The van der Waals surface area contributed by atoms with Crippen LogP contribution in [0.25, 0.3) is 11.1 Å². The van der Waals surface area contributed by atoms with Crippen molar-refractivity contribution in [2.24, 2.45) is 5.92 Å². The van der Waals surface area contributed by atoms with Crippen LogP contribution in [0, 0.1) is 5.92 Å². The van der Waals surface area contributed by atoms with Gasteiger partial charge in [-0.2, -0.15) is 0 Å². The van der Waals surface area contributed by atoms with Gasteiger partial charge in [0.05, 0.1) is 0 Å². The number of nitrogens with one attached hydrogen (secondary N) is 2.